The number of amides is 4. The van der Waals surface area contributed by atoms with Gasteiger partial charge < -0.3 is 16.2 Å². The van der Waals surface area contributed by atoms with E-state index in [2.05, 4.69) is 10.6 Å². The van der Waals surface area contributed by atoms with Crippen molar-refractivity contribution in [2.24, 2.45) is 17.6 Å². The minimum Gasteiger partial charge on any atom is -0.396 e. The molecule has 9 heteroatoms. The molecule has 9 nitrogen and oxygen atoms in total. The standard InChI is InChI=1S/C22H28N4O5/c23-17-8-13(11-27)1-3-14(17)10-24-9-12-2-4-15-16(7-12)22(31)26(21(15)30)18-5-6-19(28)25-20(18)29/h2,4,7,13-14,17-18,24,27H,1,3,5-6,8-11,23H2,(H,25,28,29)/t13-,14-,17-,18?/m1/s1. The first-order chi connectivity index (χ1) is 14.9. The number of nitrogens with one attached hydrogen (secondary N) is 2. The van der Waals surface area contributed by atoms with Gasteiger partial charge in [0.05, 0.1) is 11.1 Å². The summed E-state index contributed by atoms with van der Waals surface area (Å²) in [4.78, 5) is 50.1. The lowest BCUT2D eigenvalue weighted by Gasteiger charge is -2.33. The van der Waals surface area contributed by atoms with Crippen LogP contribution >= 0.6 is 0 Å². The monoisotopic (exact) mass is 428 g/mol. The first kappa shape index (κ1) is 21.6. The Balaban J connectivity index is 1.38. The first-order valence-corrected chi connectivity index (χ1v) is 10.8. The molecule has 0 aromatic heterocycles. The van der Waals surface area contributed by atoms with Crippen molar-refractivity contribution in [2.45, 2.75) is 50.7 Å². The van der Waals surface area contributed by atoms with Crippen molar-refractivity contribution in [1.82, 2.24) is 15.5 Å². The minimum absolute atomic E-state index is 0.0553. The number of piperidine rings is 1. The second-order valence-corrected chi connectivity index (χ2v) is 8.74. The van der Waals surface area contributed by atoms with E-state index in [0.717, 1.165) is 36.3 Å². The van der Waals surface area contributed by atoms with Crippen molar-refractivity contribution >= 4 is 23.6 Å². The fraction of sp³-hybridized carbons (Fsp3) is 0.545. The van der Waals surface area contributed by atoms with Gasteiger partial charge in [0.25, 0.3) is 11.8 Å². The highest BCUT2D eigenvalue weighted by Gasteiger charge is 2.44. The second-order valence-electron chi connectivity index (χ2n) is 8.74. The number of hydrogen-bond acceptors (Lipinski definition) is 7. The van der Waals surface area contributed by atoms with E-state index >= 15 is 0 Å². The van der Waals surface area contributed by atoms with Crippen LogP contribution in [-0.4, -0.2) is 58.9 Å². The van der Waals surface area contributed by atoms with Crippen molar-refractivity contribution in [3.05, 3.63) is 34.9 Å². The summed E-state index contributed by atoms with van der Waals surface area (Å²) in [5.74, 6) is -1.38. The van der Waals surface area contributed by atoms with Gasteiger partial charge in [-0.15, -0.1) is 0 Å². The Bertz CT molecular complexity index is 917. The van der Waals surface area contributed by atoms with Crippen LogP contribution in [0.15, 0.2) is 18.2 Å². The molecule has 1 aromatic rings. The van der Waals surface area contributed by atoms with Crippen LogP contribution in [0, 0.1) is 11.8 Å². The van der Waals surface area contributed by atoms with E-state index in [1.54, 1.807) is 18.2 Å². The molecule has 0 bridgehead atoms. The second kappa shape index (κ2) is 8.86. The lowest BCUT2D eigenvalue weighted by atomic mass is 9.79. The molecule has 0 radical (unpaired) electrons. The number of carbonyl (C=O) groups excluding carboxylic acids is 4. The fourth-order valence-corrected chi connectivity index (χ4v) is 4.81. The van der Waals surface area contributed by atoms with E-state index < -0.39 is 29.7 Å². The number of benzene rings is 1. The van der Waals surface area contributed by atoms with E-state index in [1.165, 1.54) is 0 Å². The molecule has 0 spiro atoms. The summed E-state index contributed by atoms with van der Waals surface area (Å²) in [5.41, 5.74) is 7.68. The SMILES string of the molecule is N[C@@H]1C[C@H](CO)CC[C@@H]1CNCc1ccc2c(c1)C(=O)N(C1CCC(=O)NC1=O)C2=O. The zero-order chi connectivity index (χ0) is 22.1. The van der Waals surface area contributed by atoms with E-state index in [9.17, 15) is 24.3 Å². The molecule has 1 aromatic carbocycles. The predicted molar refractivity (Wildman–Crippen MR) is 111 cm³/mol. The highest BCUT2D eigenvalue weighted by Crippen LogP contribution is 2.29. The van der Waals surface area contributed by atoms with Gasteiger partial charge in [-0.1, -0.05) is 6.07 Å². The first-order valence-electron chi connectivity index (χ1n) is 10.8. The Morgan fingerprint density at radius 3 is 2.58 bits per heavy atom. The lowest BCUT2D eigenvalue weighted by Crippen LogP contribution is -2.54. The highest BCUT2D eigenvalue weighted by atomic mass is 16.3. The molecule has 1 unspecified atom stereocenters. The van der Waals surface area contributed by atoms with Crippen molar-refractivity contribution in [1.29, 1.82) is 0 Å². The smallest absolute Gasteiger partial charge is 0.262 e. The predicted octanol–water partition coefficient (Wildman–Crippen LogP) is -0.0867. The average molecular weight is 428 g/mol. The molecule has 4 atom stereocenters. The molecule has 1 saturated heterocycles. The van der Waals surface area contributed by atoms with Crippen LogP contribution in [0.1, 0.15) is 58.4 Å². The van der Waals surface area contributed by atoms with E-state index in [0.29, 0.717) is 18.4 Å². The largest absolute Gasteiger partial charge is 0.396 e. The Hall–Kier alpha value is -2.62. The molecule has 2 fully saturated rings. The van der Waals surface area contributed by atoms with Crippen molar-refractivity contribution in [3.63, 3.8) is 0 Å². The third kappa shape index (κ3) is 4.26. The van der Waals surface area contributed by atoms with Gasteiger partial charge in [0.15, 0.2) is 0 Å². The number of fused-ring (bicyclic) bond motifs is 1. The summed E-state index contributed by atoms with van der Waals surface area (Å²) in [6.07, 6.45) is 3.01. The van der Waals surface area contributed by atoms with Crippen LogP contribution in [0.3, 0.4) is 0 Å². The molecule has 4 rings (SSSR count). The van der Waals surface area contributed by atoms with Gasteiger partial charge >= 0.3 is 0 Å². The van der Waals surface area contributed by atoms with Gasteiger partial charge in [-0.3, -0.25) is 29.4 Å². The fourth-order valence-electron chi connectivity index (χ4n) is 4.81. The molecular formula is C22H28N4O5. The van der Waals surface area contributed by atoms with Gasteiger partial charge in [0.1, 0.15) is 6.04 Å². The Morgan fingerprint density at radius 1 is 1.10 bits per heavy atom. The van der Waals surface area contributed by atoms with Gasteiger partial charge in [-0.2, -0.15) is 0 Å². The molecule has 2 aliphatic heterocycles. The Labute approximate surface area is 180 Å². The summed E-state index contributed by atoms with van der Waals surface area (Å²) in [7, 11) is 0. The number of nitrogens with zero attached hydrogens (tertiary/aromatic N) is 1. The van der Waals surface area contributed by atoms with Crippen LogP contribution in [0.4, 0.5) is 0 Å². The molecule has 5 N–H and O–H groups in total. The van der Waals surface area contributed by atoms with Crippen molar-refractivity contribution < 1.29 is 24.3 Å². The Morgan fingerprint density at radius 2 is 1.87 bits per heavy atom. The van der Waals surface area contributed by atoms with E-state index in [-0.39, 0.29) is 36.6 Å². The van der Waals surface area contributed by atoms with Gasteiger partial charge in [0.2, 0.25) is 11.8 Å². The number of hydrogen-bond donors (Lipinski definition) is 4. The quantitative estimate of drug-likeness (QED) is 0.464. The van der Waals surface area contributed by atoms with Crippen LogP contribution in [0.2, 0.25) is 0 Å². The number of rotatable bonds is 6. The average Bonchev–Trinajstić information content (AvgIpc) is 2.99. The maximum atomic E-state index is 12.9. The molecule has 31 heavy (non-hydrogen) atoms. The number of aliphatic hydroxyl groups is 1. The summed E-state index contributed by atoms with van der Waals surface area (Å²) < 4.78 is 0. The third-order valence-corrected chi connectivity index (χ3v) is 6.65. The van der Waals surface area contributed by atoms with Crippen molar-refractivity contribution in [2.75, 3.05) is 13.2 Å². The molecule has 166 valence electrons. The number of imide groups is 2. The van der Waals surface area contributed by atoms with Crippen LogP contribution in [0.5, 0.6) is 0 Å². The summed E-state index contributed by atoms with van der Waals surface area (Å²) in [5, 5.41) is 14.9. The van der Waals surface area contributed by atoms with E-state index in [4.69, 9.17) is 5.73 Å². The topological polar surface area (TPSA) is 142 Å². The molecule has 3 aliphatic rings. The maximum Gasteiger partial charge on any atom is 0.262 e. The molecular weight excluding hydrogens is 400 g/mol. The summed E-state index contributed by atoms with van der Waals surface area (Å²) in [6.45, 7) is 1.46. The van der Waals surface area contributed by atoms with Crippen LogP contribution in [-0.2, 0) is 16.1 Å². The van der Waals surface area contributed by atoms with Gasteiger partial charge in [0, 0.05) is 25.6 Å². The van der Waals surface area contributed by atoms with Crippen LogP contribution < -0.4 is 16.4 Å². The van der Waals surface area contributed by atoms with Crippen LogP contribution in [0.25, 0.3) is 0 Å². The molecule has 2 heterocycles. The van der Waals surface area contributed by atoms with Gasteiger partial charge in [-0.05, 0) is 61.8 Å². The maximum absolute atomic E-state index is 12.9. The number of carbonyl (C=O) groups is 4. The zero-order valence-corrected chi connectivity index (χ0v) is 17.3. The third-order valence-electron chi connectivity index (χ3n) is 6.65. The van der Waals surface area contributed by atoms with Gasteiger partial charge in [-0.25, -0.2) is 0 Å². The number of nitrogens with two attached hydrogens (primary N) is 1. The van der Waals surface area contributed by atoms with Crippen molar-refractivity contribution in [3.8, 4) is 0 Å². The Kier molecular flexibility index (Phi) is 6.17. The number of aliphatic hydroxyl groups excluding tert-OH is 1. The normalized spacial score (nSPS) is 28.6. The molecule has 1 aliphatic carbocycles. The van der Waals surface area contributed by atoms with E-state index in [1.807, 2.05) is 0 Å². The lowest BCUT2D eigenvalue weighted by molar-refractivity contribution is -0.136. The highest BCUT2D eigenvalue weighted by molar-refractivity contribution is 6.23. The summed E-state index contributed by atoms with van der Waals surface area (Å²) in [6, 6.07) is 4.21. The zero-order valence-electron chi connectivity index (χ0n) is 17.3. The molecule has 4 amide bonds. The minimum atomic E-state index is -0.956. The summed E-state index contributed by atoms with van der Waals surface area (Å²) >= 11 is 0. The molecule has 1 saturated carbocycles.